The van der Waals surface area contributed by atoms with Crippen molar-refractivity contribution in [1.29, 1.82) is 0 Å². The zero-order valence-electron chi connectivity index (χ0n) is 11.1. The van der Waals surface area contributed by atoms with Gasteiger partial charge in [-0.15, -0.1) is 0 Å². The second-order valence-corrected chi connectivity index (χ2v) is 4.70. The van der Waals surface area contributed by atoms with Crippen molar-refractivity contribution in [3.63, 3.8) is 0 Å². The van der Waals surface area contributed by atoms with Crippen LogP contribution < -0.4 is 11.1 Å². The highest BCUT2D eigenvalue weighted by atomic mass is 16.1. The minimum atomic E-state index is -1.03. The fraction of sp³-hybridized carbons (Fsp3) is 0.200. The predicted octanol–water partition coefficient (Wildman–Crippen LogP) is 2.20. The zero-order valence-corrected chi connectivity index (χ0v) is 11.1. The Morgan fingerprint density at radius 3 is 2.42 bits per heavy atom. The van der Waals surface area contributed by atoms with Crippen LogP contribution in [0, 0.1) is 6.92 Å². The molecule has 0 aliphatic rings. The average Bonchev–Trinajstić information content (AvgIpc) is 2.42. The van der Waals surface area contributed by atoms with Crippen molar-refractivity contribution in [3.8, 4) is 0 Å². The van der Waals surface area contributed by atoms with Crippen molar-refractivity contribution in [2.75, 3.05) is 5.32 Å². The Balaban J connectivity index is 2.36. The molecule has 0 saturated heterocycles. The number of benzene rings is 1. The van der Waals surface area contributed by atoms with Gasteiger partial charge < -0.3 is 11.1 Å². The number of carbonyl (C=O) groups is 1. The molecule has 0 fully saturated rings. The van der Waals surface area contributed by atoms with Gasteiger partial charge in [0, 0.05) is 11.9 Å². The van der Waals surface area contributed by atoms with Gasteiger partial charge in [0.1, 0.15) is 0 Å². The monoisotopic (exact) mass is 255 g/mol. The van der Waals surface area contributed by atoms with Crippen molar-refractivity contribution in [2.24, 2.45) is 5.73 Å². The number of primary amides is 1. The maximum absolute atomic E-state index is 11.8. The highest BCUT2D eigenvalue weighted by Gasteiger charge is 2.34. The summed E-state index contributed by atoms with van der Waals surface area (Å²) in [6.45, 7) is 3.74. The fourth-order valence-electron chi connectivity index (χ4n) is 1.84. The molecule has 4 nitrogen and oxygen atoms in total. The summed E-state index contributed by atoms with van der Waals surface area (Å²) in [7, 11) is 0. The van der Waals surface area contributed by atoms with E-state index in [1.54, 1.807) is 25.3 Å². The molecule has 1 atom stereocenters. The quantitative estimate of drug-likeness (QED) is 0.880. The Morgan fingerprint density at radius 1 is 1.21 bits per heavy atom. The smallest absolute Gasteiger partial charge is 0.249 e. The number of amides is 1. The van der Waals surface area contributed by atoms with Gasteiger partial charge in [0.05, 0.1) is 5.69 Å². The molecule has 0 aliphatic carbocycles. The molecule has 0 aliphatic heterocycles. The van der Waals surface area contributed by atoms with E-state index in [9.17, 15) is 4.79 Å². The van der Waals surface area contributed by atoms with E-state index in [1.807, 2.05) is 37.3 Å². The van der Waals surface area contributed by atoms with Crippen LogP contribution >= 0.6 is 0 Å². The van der Waals surface area contributed by atoms with E-state index in [0.29, 0.717) is 5.69 Å². The molecule has 98 valence electrons. The van der Waals surface area contributed by atoms with Crippen LogP contribution in [-0.4, -0.2) is 10.9 Å². The maximum Gasteiger partial charge on any atom is 0.249 e. The third kappa shape index (κ3) is 2.73. The molecule has 2 aromatic rings. The van der Waals surface area contributed by atoms with Crippen LogP contribution in [0.1, 0.15) is 18.2 Å². The van der Waals surface area contributed by atoms with Crippen LogP contribution in [0.4, 0.5) is 5.69 Å². The summed E-state index contributed by atoms with van der Waals surface area (Å²) in [5.41, 5.74) is 7.10. The highest BCUT2D eigenvalue weighted by Crippen LogP contribution is 2.24. The summed E-state index contributed by atoms with van der Waals surface area (Å²) in [5, 5.41) is 3.16. The molecule has 0 spiro atoms. The molecule has 1 heterocycles. The van der Waals surface area contributed by atoms with Crippen molar-refractivity contribution in [3.05, 3.63) is 59.9 Å². The molecule has 1 amide bonds. The first kappa shape index (κ1) is 13.1. The van der Waals surface area contributed by atoms with Crippen LogP contribution in [0.5, 0.6) is 0 Å². The van der Waals surface area contributed by atoms with Crippen molar-refractivity contribution >= 4 is 11.6 Å². The van der Waals surface area contributed by atoms with Gasteiger partial charge in [0.15, 0.2) is 5.54 Å². The normalized spacial score (nSPS) is 13.6. The van der Waals surface area contributed by atoms with E-state index >= 15 is 0 Å². The van der Waals surface area contributed by atoms with E-state index < -0.39 is 11.4 Å². The third-order valence-electron chi connectivity index (χ3n) is 3.12. The summed E-state index contributed by atoms with van der Waals surface area (Å²) in [6.07, 6.45) is 1.65. The molecule has 0 saturated carbocycles. The maximum atomic E-state index is 11.8. The van der Waals surface area contributed by atoms with E-state index in [4.69, 9.17) is 5.73 Å². The minimum absolute atomic E-state index is 0.466. The molecule has 2 rings (SSSR count). The summed E-state index contributed by atoms with van der Waals surface area (Å²) in [4.78, 5) is 16.0. The minimum Gasteiger partial charge on any atom is -0.367 e. The third-order valence-corrected chi connectivity index (χ3v) is 3.12. The number of nitrogens with one attached hydrogen (secondary N) is 1. The Labute approximate surface area is 112 Å². The second-order valence-electron chi connectivity index (χ2n) is 4.70. The largest absolute Gasteiger partial charge is 0.367 e. The van der Waals surface area contributed by atoms with Crippen molar-refractivity contribution in [2.45, 2.75) is 19.4 Å². The van der Waals surface area contributed by atoms with Gasteiger partial charge in [-0.3, -0.25) is 9.78 Å². The number of hydrogen-bond acceptors (Lipinski definition) is 3. The van der Waals surface area contributed by atoms with Gasteiger partial charge in [-0.25, -0.2) is 0 Å². The number of carbonyl (C=O) groups excluding carboxylic acids is 1. The van der Waals surface area contributed by atoms with E-state index in [-0.39, 0.29) is 0 Å². The van der Waals surface area contributed by atoms with Crippen LogP contribution in [0.3, 0.4) is 0 Å². The standard InChI is InChI=1S/C15H17N3O/c1-11-6-8-12(9-7-11)18-15(2,14(16)19)13-5-3-4-10-17-13/h3-10,18H,1-2H3,(H2,16,19). The first-order valence-electron chi connectivity index (χ1n) is 6.08. The topological polar surface area (TPSA) is 68.0 Å². The van der Waals surface area contributed by atoms with Gasteiger partial charge in [0.25, 0.3) is 0 Å². The lowest BCUT2D eigenvalue weighted by Gasteiger charge is -2.28. The average molecular weight is 255 g/mol. The van der Waals surface area contributed by atoms with Gasteiger partial charge in [0.2, 0.25) is 5.91 Å². The van der Waals surface area contributed by atoms with Gasteiger partial charge in [-0.2, -0.15) is 0 Å². The van der Waals surface area contributed by atoms with E-state index in [2.05, 4.69) is 10.3 Å². The van der Waals surface area contributed by atoms with Crippen molar-refractivity contribution in [1.82, 2.24) is 4.98 Å². The molecule has 19 heavy (non-hydrogen) atoms. The van der Waals surface area contributed by atoms with Gasteiger partial charge in [-0.05, 0) is 38.1 Å². The lowest BCUT2D eigenvalue weighted by molar-refractivity contribution is -0.122. The number of hydrogen-bond donors (Lipinski definition) is 2. The molecule has 1 aromatic carbocycles. The SMILES string of the molecule is Cc1ccc(NC(C)(C(N)=O)c2ccccn2)cc1. The first-order valence-corrected chi connectivity index (χ1v) is 6.08. The summed E-state index contributed by atoms with van der Waals surface area (Å²) in [5.74, 6) is -0.466. The zero-order chi connectivity index (χ0) is 13.9. The molecule has 1 aromatic heterocycles. The summed E-state index contributed by atoms with van der Waals surface area (Å²) >= 11 is 0. The van der Waals surface area contributed by atoms with Gasteiger partial charge in [-0.1, -0.05) is 23.8 Å². The number of pyridine rings is 1. The summed E-state index contributed by atoms with van der Waals surface area (Å²) in [6, 6.07) is 13.2. The lowest BCUT2D eigenvalue weighted by atomic mass is 9.95. The lowest BCUT2D eigenvalue weighted by Crippen LogP contribution is -2.45. The van der Waals surface area contributed by atoms with Crippen LogP contribution in [0.2, 0.25) is 0 Å². The number of nitrogens with two attached hydrogens (primary N) is 1. The summed E-state index contributed by atoms with van der Waals surface area (Å²) < 4.78 is 0. The Bertz CT molecular complexity index is 566. The van der Waals surface area contributed by atoms with E-state index in [0.717, 1.165) is 11.3 Å². The number of anilines is 1. The molecule has 3 N–H and O–H groups in total. The molecule has 0 bridgehead atoms. The number of rotatable bonds is 4. The fourth-order valence-corrected chi connectivity index (χ4v) is 1.84. The second kappa shape index (κ2) is 5.10. The van der Waals surface area contributed by atoms with Crippen molar-refractivity contribution < 1.29 is 4.79 Å². The molecular formula is C15H17N3O. The van der Waals surface area contributed by atoms with Crippen LogP contribution in [-0.2, 0) is 10.3 Å². The first-order chi connectivity index (χ1) is 9.02. The predicted molar refractivity (Wildman–Crippen MR) is 75.6 cm³/mol. The van der Waals surface area contributed by atoms with Gasteiger partial charge >= 0.3 is 0 Å². The van der Waals surface area contributed by atoms with E-state index in [1.165, 1.54) is 0 Å². The molecule has 0 radical (unpaired) electrons. The number of aryl methyl sites for hydroxylation is 1. The number of aromatic nitrogens is 1. The van der Waals surface area contributed by atoms with Crippen LogP contribution in [0.15, 0.2) is 48.7 Å². The molecule has 1 unspecified atom stereocenters. The molecule has 4 heteroatoms. The molecular weight excluding hydrogens is 238 g/mol. The van der Waals surface area contributed by atoms with Crippen LogP contribution in [0.25, 0.3) is 0 Å². The Hall–Kier alpha value is -2.36. The Kier molecular flexibility index (Phi) is 3.51. The Morgan fingerprint density at radius 2 is 1.89 bits per heavy atom. The highest BCUT2D eigenvalue weighted by molar-refractivity contribution is 5.88. The number of nitrogens with zero attached hydrogens (tertiary/aromatic N) is 1.